The highest BCUT2D eigenvalue weighted by atomic mass is 19.1. The molecule has 3 nitrogen and oxygen atoms in total. The number of benzene rings is 2. The molecule has 0 bridgehead atoms. The summed E-state index contributed by atoms with van der Waals surface area (Å²) in [6.45, 7) is 4.37. The van der Waals surface area contributed by atoms with Gasteiger partial charge in [0.05, 0.1) is 18.7 Å². The van der Waals surface area contributed by atoms with Crippen molar-refractivity contribution in [2.45, 2.75) is 6.92 Å². The lowest BCUT2D eigenvalue weighted by Crippen LogP contribution is -2.26. The fraction of sp³-hybridized carbons (Fsp3) is 0.238. The molecule has 0 aliphatic heterocycles. The van der Waals surface area contributed by atoms with Crippen LogP contribution in [0.1, 0.15) is 12.5 Å². The molecule has 0 fully saturated rings. The fourth-order valence-electron chi connectivity index (χ4n) is 2.79. The standard InChI is InChI=1S/C21H21FN2O/c1-2-23(14-15-25)12-3-4-17-5-10-21-18(16-17)11-13-24(21)20-8-6-19(22)7-9-20/h5-11,13,16,25H,2,12,14-15H2,1H3. The Morgan fingerprint density at radius 1 is 1.12 bits per heavy atom. The second kappa shape index (κ2) is 7.98. The van der Waals surface area contributed by atoms with Crippen LogP contribution in [0.3, 0.4) is 0 Å². The second-order valence-corrected chi connectivity index (χ2v) is 5.83. The SMILES string of the molecule is CCN(CC#Cc1ccc2c(ccn2-c2ccc(F)cc2)c1)CCO. The number of aliphatic hydroxyl groups is 1. The van der Waals surface area contributed by atoms with Crippen molar-refractivity contribution in [1.82, 2.24) is 9.47 Å². The lowest BCUT2D eigenvalue weighted by Gasteiger charge is -2.14. The molecule has 4 heteroatoms. The van der Waals surface area contributed by atoms with Crippen molar-refractivity contribution in [2.24, 2.45) is 0 Å². The van der Waals surface area contributed by atoms with E-state index in [2.05, 4.69) is 29.7 Å². The van der Waals surface area contributed by atoms with E-state index >= 15 is 0 Å². The van der Waals surface area contributed by atoms with Crippen LogP contribution in [0.4, 0.5) is 4.39 Å². The molecule has 0 aliphatic carbocycles. The topological polar surface area (TPSA) is 28.4 Å². The Hall–Kier alpha value is -2.61. The van der Waals surface area contributed by atoms with Gasteiger partial charge in [-0.3, -0.25) is 4.90 Å². The van der Waals surface area contributed by atoms with Crippen LogP contribution in [0, 0.1) is 17.7 Å². The molecule has 1 heterocycles. The molecule has 0 atom stereocenters. The Morgan fingerprint density at radius 2 is 1.92 bits per heavy atom. The molecule has 3 aromatic rings. The summed E-state index contributed by atoms with van der Waals surface area (Å²) < 4.78 is 15.1. The van der Waals surface area contributed by atoms with Crippen molar-refractivity contribution in [3.63, 3.8) is 0 Å². The van der Waals surface area contributed by atoms with E-state index in [4.69, 9.17) is 5.11 Å². The maximum Gasteiger partial charge on any atom is 0.123 e. The predicted octanol–water partition coefficient (Wildman–Crippen LogP) is 3.44. The Kier molecular flexibility index (Phi) is 5.49. The average Bonchev–Trinajstić information content (AvgIpc) is 3.05. The highest BCUT2D eigenvalue weighted by molar-refractivity contribution is 5.83. The van der Waals surface area contributed by atoms with E-state index < -0.39 is 0 Å². The molecular weight excluding hydrogens is 315 g/mol. The summed E-state index contributed by atoms with van der Waals surface area (Å²) in [6.07, 6.45) is 1.98. The third-order valence-electron chi connectivity index (χ3n) is 4.19. The third-order valence-corrected chi connectivity index (χ3v) is 4.19. The number of fused-ring (bicyclic) bond motifs is 1. The minimum atomic E-state index is -0.236. The van der Waals surface area contributed by atoms with Crippen LogP contribution in [0.25, 0.3) is 16.6 Å². The Morgan fingerprint density at radius 3 is 2.64 bits per heavy atom. The summed E-state index contributed by atoms with van der Waals surface area (Å²) >= 11 is 0. The number of likely N-dealkylation sites (N-methyl/N-ethyl adjacent to an activating group) is 1. The largest absolute Gasteiger partial charge is 0.395 e. The highest BCUT2D eigenvalue weighted by Crippen LogP contribution is 2.21. The van der Waals surface area contributed by atoms with E-state index in [-0.39, 0.29) is 12.4 Å². The fourth-order valence-corrected chi connectivity index (χ4v) is 2.79. The van der Waals surface area contributed by atoms with Gasteiger partial charge >= 0.3 is 0 Å². The number of aliphatic hydroxyl groups excluding tert-OH is 1. The molecule has 0 saturated carbocycles. The van der Waals surface area contributed by atoms with Gasteiger partial charge in [0, 0.05) is 29.4 Å². The molecule has 3 rings (SSSR count). The molecule has 25 heavy (non-hydrogen) atoms. The molecule has 0 spiro atoms. The summed E-state index contributed by atoms with van der Waals surface area (Å²) in [6, 6.07) is 14.6. The quantitative estimate of drug-likeness (QED) is 0.723. The van der Waals surface area contributed by atoms with Gasteiger partial charge in [0.15, 0.2) is 0 Å². The molecule has 0 radical (unpaired) electrons. The van der Waals surface area contributed by atoms with Crippen molar-refractivity contribution in [3.8, 4) is 17.5 Å². The maximum atomic E-state index is 13.1. The zero-order valence-corrected chi connectivity index (χ0v) is 14.2. The second-order valence-electron chi connectivity index (χ2n) is 5.83. The van der Waals surface area contributed by atoms with E-state index in [1.54, 1.807) is 12.1 Å². The Bertz CT molecular complexity index is 903. The number of rotatable bonds is 5. The first-order chi connectivity index (χ1) is 12.2. The molecule has 0 unspecified atom stereocenters. The van der Waals surface area contributed by atoms with Crippen LogP contribution in [-0.4, -0.2) is 40.8 Å². The van der Waals surface area contributed by atoms with Gasteiger partial charge in [-0.25, -0.2) is 4.39 Å². The maximum absolute atomic E-state index is 13.1. The van der Waals surface area contributed by atoms with E-state index in [1.165, 1.54) is 12.1 Å². The molecule has 128 valence electrons. The third kappa shape index (κ3) is 4.08. The van der Waals surface area contributed by atoms with Gasteiger partial charge < -0.3 is 9.67 Å². The number of halogens is 1. The van der Waals surface area contributed by atoms with Crippen molar-refractivity contribution in [1.29, 1.82) is 0 Å². The predicted molar refractivity (Wildman–Crippen MR) is 99.3 cm³/mol. The molecular formula is C21H21FN2O. The van der Waals surface area contributed by atoms with Crippen molar-refractivity contribution in [2.75, 3.05) is 26.2 Å². The summed E-state index contributed by atoms with van der Waals surface area (Å²) in [5.74, 6) is 6.11. The van der Waals surface area contributed by atoms with Crippen LogP contribution >= 0.6 is 0 Å². The van der Waals surface area contributed by atoms with Crippen molar-refractivity contribution in [3.05, 3.63) is 66.1 Å². The first kappa shape index (κ1) is 17.2. The van der Waals surface area contributed by atoms with Crippen LogP contribution < -0.4 is 0 Å². The molecule has 0 saturated heterocycles. The van der Waals surface area contributed by atoms with Crippen LogP contribution in [0.2, 0.25) is 0 Å². The Labute approximate surface area is 147 Å². The summed E-state index contributed by atoms with van der Waals surface area (Å²) in [5, 5.41) is 10.1. The first-order valence-corrected chi connectivity index (χ1v) is 8.40. The lowest BCUT2D eigenvalue weighted by molar-refractivity contribution is 0.216. The number of hydrogen-bond donors (Lipinski definition) is 1. The van der Waals surface area contributed by atoms with Gasteiger partial charge in [-0.1, -0.05) is 18.8 Å². The number of hydrogen-bond acceptors (Lipinski definition) is 2. The van der Waals surface area contributed by atoms with Crippen LogP contribution in [-0.2, 0) is 0 Å². The smallest absolute Gasteiger partial charge is 0.123 e. The normalized spacial score (nSPS) is 10.9. The number of aromatic nitrogens is 1. The zero-order valence-electron chi connectivity index (χ0n) is 14.2. The Balaban J connectivity index is 1.81. The summed E-state index contributed by atoms with van der Waals surface area (Å²) in [5.41, 5.74) is 2.95. The van der Waals surface area contributed by atoms with Crippen molar-refractivity contribution >= 4 is 10.9 Å². The van der Waals surface area contributed by atoms with E-state index in [9.17, 15) is 4.39 Å². The lowest BCUT2D eigenvalue weighted by atomic mass is 10.1. The minimum absolute atomic E-state index is 0.151. The van der Waals surface area contributed by atoms with Crippen molar-refractivity contribution < 1.29 is 9.50 Å². The van der Waals surface area contributed by atoms with Gasteiger partial charge in [0.2, 0.25) is 0 Å². The average molecular weight is 336 g/mol. The van der Waals surface area contributed by atoms with E-state index in [1.807, 2.05) is 29.0 Å². The molecule has 0 aliphatic rings. The zero-order chi connectivity index (χ0) is 17.6. The van der Waals surface area contributed by atoms with Crippen LogP contribution in [0.5, 0.6) is 0 Å². The molecule has 0 amide bonds. The first-order valence-electron chi connectivity index (χ1n) is 8.40. The molecule has 2 aromatic carbocycles. The molecule has 1 N–H and O–H groups in total. The molecule has 1 aromatic heterocycles. The summed E-state index contributed by atoms with van der Waals surface area (Å²) in [4.78, 5) is 2.09. The van der Waals surface area contributed by atoms with Gasteiger partial charge in [0.25, 0.3) is 0 Å². The van der Waals surface area contributed by atoms with Crippen LogP contribution in [0.15, 0.2) is 54.7 Å². The number of nitrogens with zero attached hydrogens (tertiary/aromatic N) is 2. The van der Waals surface area contributed by atoms with Gasteiger partial charge in [0.1, 0.15) is 5.82 Å². The van der Waals surface area contributed by atoms with E-state index in [0.717, 1.165) is 28.7 Å². The minimum Gasteiger partial charge on any atom is -0.395 e. The van der Waals surface area contributed by atoms with E-state index in [0.29, 0.717) is 13.1 Å². The van der Waals surface area contributed by atoms with Gasteiger partial charge in [-0.15, -0.1) is 0 Å². The summed E-state index contributed by atoms with van der Waals surface area (Å²) in [7, 11) is 0. The highest BCUT2D eigenvalue weighted by Gasteiger charge is 2.04. The van der Waals surface area contributed by atoms with Gasteiger partial charge in [-0.2, -0.15) is 0 Å². The monoisotopic (exact) mass is 336 g/mol. The van der Waals surface area contributed by atoms with Gasteiger partial charge in [-0.05, 0) is 55.1 Å².